The highest BCUT2D eigenvalue weighted by atomic mass is 79.9. The number of hydrogen-bond acceptors (Lipinski definition) is 2. The lowest BCUT2D eigenvalue weighted by Gasteiger charge is -2.08. The van der Waals surface area contributed by atoms with E-state index < -0.39 is 0 Å². The van der Waals surface area contributed by atoms with E-state index in [0.29, 0.717) is 23.5 Å². The smallest absolute Gasteiger partial charge is 0.119 e. The minimum atomic E-state index is 0.393. The van der Waals surface area contributed by atoms with E-state index in [0.717, 1.165) is 16.8 Å². The Morgan fingerprint density at radius 3 is 2.17 bits per heavy atom. The van der Waals surface area contributed by atoms with Crippen molar-refractivity contribution < 1.29 is 4.74 Å². The van der Waals surface area contributed by atoms with Crippen LogP contribution in [0.5, 0.6) is 5.75 Å². The molecule has 0 amide bonds. The molecule has 0 atom stereocenters. The van der Waals surface area contributed by atoms with Crippen LogP contribution in [0.25, 0.3) is 0 Å². The molecule has 18 heavy (non-hydrogen) atoms. The van der Waals surface area contributed by atoms with E-state index in [2.05, 4.69) is 48.9 Å². The topological polar surface area (TPSA) is 21.3 Å². The summed E-state index contributed by atoms with van der Waals surface area (Å²) in [6.45, 7) is 10.9. The summed E-state index contributed by atoms with van der Waals surface area (Å²) in [6.07, 6.45) is 0. The highest BCUT2D eigenvalue weighted by Crippen LogP contribution is 2.62. The summed E-state index contributed by atoms with van der Waals surface area (Å²) in [6, 6.07) is 8.55. The van der Waals surface area contributed by atoms with Crippen LogP contribution in [-0.2, 0) is 0 Å². The van der Waals surface area contributed by atoms with Crippen LogP contribution >= 0.6 is 15.9 Å². The number of ether oxygens (including phenoxy) is 1. The van der Waals surface area contributed by atoms with Gasteiger partial charge in [-0.15, -0.1) is 0 Å². The lowest BCUT2D eigenvalue weighted by Crippen LogP contribution is -2.27. The van der Waals surface area contributed by atoms with Gasteiger partial charge in [0.15, 0.2) is 0 Å². The van der Waals surface area contributed by atoms with Gasteiger partial charge >= 0.3 is 0 Å². The van der Waals surface area contributed by atoms with Crippen LogP contribution in [0.3, 0.4) is 0 Å². The van der Waals surface area contributed by atoms with E-state index >= 15 is 0 Å². The standard InChI is InChI=1S/C15H22BrNO/c1-14(2)13(15(14,3)4)17-9-10-18-12-7-5-11(16)6-8-12/h5-8,13,17H,9-10H2,1-4H3. The lowest BCUT2D eigenvalue weighted by atomic mass is 10.0. The van der Waals surface area contributed by atoms with Gasteiger partial charge in [0.1, 0.15) is 12.4 Å². The first-order valence-electron chi connectivity index (χ1n) is 6.47. The predicted octanol–water partition coefficient (Wildman–Crippen LogP) is 3.85. The van der Waals surface area contributed by atoms with Crippen molar-refractivity contribution >= 4 is 15.9 Å². The summed E-state index contributed by atoms with van der Waals surface area (Å²) in [7, 11) is 0. The van der Waals surface area contributed by atoms with E-state index in [4.69, 9.17) is 4.74 Å². The largest absolute Gasteiger partial charge is 0.492 e. The van der Waals surface area contributed by atoms with E-state index in [1.54, 1.807) is 0 Å². The molecule has 100 valence electrons. The first kappa shape index (κ1) is 13.9. The zero-order valence-electron chi connectivity index (χ0n) is 11.6. The van der Waals surface area contributed by atoms with Crippen LogP contribution in [0.1, 0.15) is 27.7 Å². The predicted molar refractivity (Wildman–Crippen MR) is 79.0 cm³/mol. The van der Waals surface area contributed by atoms with Crippen molar-refractivity contribution in [2.24, 2.45) is 10.8 Å². The summed E-state index contributed by atoms with van der Waals surface area (Å²) >= 11 is 3.41. The Morgan fingerprint density at radius 2 is 1.67 bits per heavy atom. The minimum absolute atomic E-state index is 0.393. The molecule has 0 saturated heterocycles. The zero-order valence-corrected chi connectivity index (χ0v) is 13.2. The summed E-state index contributed by atoms with van der Waals surface area (Å²) in [5.41, 5.74) is 0.787. The first-order chi connectivity index (χ1) is 8.35. The van der Waals surface area contributed by atoms with Crippen molar-refractivity contribution in [1.29, 1.82) is 0 Å². The fraction of sp³-hybridized carbons (Fsp3) is 0.600. The zero-order chi connectivity index (χ0) is 13.4. The molecule has 1 N–H and O–H groups in total. The van der Waals surface area contributed by atoms with Gasteiger partial charge < -0.3 is 10.1 Å². The molecule has 1 aliphatic carbocycles. The average Bonchev–Trinajstić information content (AvgIpc) is 2.68. The Kier molecular flexibility index (Phi) is 3.75. The maximum atomic E-state index is 5.69. The normalized spacial score (nSPS) is 20.7. The fourth-order valence-corrected chi connectivity index (χ4v) is 2.87. The van der Waals surface area contributed by atoms with Crippen molar-refractivity contribution in [2.45, 2.75) is 33.7 Å². The van der Waals surface area contributed by atoms with Crippen molar-refractivity contribution in [3.63, 3.8) is 0 Å². The number of benzene rings is 1. The van der Waals surface area contributed by atoms with E-state index in [-0.39, 0.29) is 0 Å². The lowest BCUT2D eigenvalue weighted by molar-refractivity contribution is 0.309. The molecule has 0 spiro atoms. The molecular weight excluding hydrogens is 290 g/mol. The first-order valence-corrected chi connectivity index (χ1v) is 7.27. The highest BCUT2D eigenvalue weighted by molar-refractivity contribution is 9.10. The van der Waals surface area contributed by atoms with Gasteiger partial charge in [-0.2, -0.15) is 0 Å². The Hall–Kier alpha value is -0.540. The summed E-state index contributed by atoms with van der Waals surface area (Å²) in [5, 5.41) is 3.58. The van der Waals surface area contributed by atoms with Gasteiger partial charge in [0.25, 0.3) is 0 Å². The van der Waals surface area contributed by atoms with E-state index in [9.17, 15) is 0 Å². The summed E-state index contributed by atoms with van der Waals surface area (Å²) < 4.78 is 6.77. The van der Waals surface area contributed by atoms with Gasteiger partial charge in [0, 0.05) is 17.1 Å². The molecule has 3 heteroatoms. The molecule has 1 saturated carbocycles. The molecule has 2 rings (SSSR count). The molecule has 1 fully saturated rings. The average molecular weight is 312 g/mol. The summed E-state index contributed by atoms with van der Waals surface area (Å²) in [5.74, 6) is 0.925. The number of nitrogens with one attached hydrogen (secondary N) is 1. The van der Waals surface area contributed by atoms with Gasteiger partial charge in [0.05, 0.1) is 0 Å². The Bertz CT molecular complexity index is 397. The molecular formula is C15H22BrNO. The van der Waals surface area contributed by atoms with Gasteiger partial charge in [-0.25, -0.2) is 0 Å². The van der Waals surface area contributed by atoms with Crippen LogP contribution in [-0.4, -0.2) is 19.2 Å². The van der Waals surface area contributed by atoms with E-state index in [1.807, 2.05) is 24.3 Å². The second-order valence-corrected chi connectivity index (χ2v) is 7.05. The Morgan fingerprint density at radius 1 is 1.11 bits per heavy atom. The molecule has 0 bridgehead atoms. The molecule has 0 unspecified atom stereocenters. The van der Waals surface area contributed by atoms with Crippen LogP contribution in [0.15, 0.2) is 28.7 Å². The van der Waals surface area contributed by atoms with Gasteiger partial charge in [-0.05, 0) is 35.1 Å². The van der Waals surface area contributed by atoms with Crippen LogP contribution in [0.2, 0.25) is 0 Å². The fourth-order valence-electron chi connectivity index (χ4n) is 2.61. The van der Waals surface area contributed by atoms with E-state index in [1.165, 1.54) is 0 Å². The number of halogens is 1. The maximum Gasteiger partial charge on any atom is 0.119 e. The third-order valence-corrected chi connectivity index (χ3v) is 5.08. The second kappa shape index (κ2) is 4.86. The quantitative estimate of drug-likeness (QED) is 0.834. The number of rotatable bonds is 5. The number of hydrogen-bond donors (Lipinski definition) is 1. The van der Waals surface area contributed by atoms with Crippen molar-refractivity contribution in [2.75, 3.05) is 13.2 Å². The third-order valence-electron chi connectivity index (χ3n) is 4.55. The van der Waals surface area contributed by atoms with Crippen LogP contribution < -0.4 is 10.1 Å². The Labute approximate surface area is 118 Å². The molecule has 2 nitrogen and oxygen atoms in total. The molecule has 1 aromatic rings. The van der Waals surface area contributed by atoms with Crippen molar-refractivity contribution in [3.05, 3.63) is 28.7 Å². The minimum Gasteiger partial charge on any atom is -0.492 e. The molecule has 0 aliphatic heterocycles. The molecule has 0 aromatic heterocycles. The molecule has 1 aliphatic rings. The Balaban J connectivity index is 1.70. The van der Waals surface area contributed by atoms with Gasteiger partial charge in [-0.3, -0.25) is 0 Å². The third kappa shape index (κ3) is 2.57. The SMILES string of the molecule is CC1(C)C(NCCOc2ccc(Br)cc2)C1(C)C. The van der Waals surface area contributed by atoms with Gasteiger partial charge in [-0.1, -0.05) is 43.6 Å². The second-order valence-electron chi connectivity index (χ2n) is 6.13. The van der Waals surface area contributed by atoms with Crippen LogP contribution in [0.4, 0.5) is 0 Å². The van der Waals surface area contributed by atoms with Crippen molar-refractivity contribution in [1.82, 2.24) is 5.32 Å². The maximum absolute atomic E-state index is 5.69. The molecule has 0 radical (unpaired) electrons. The van der Waals surface area contributed by atoms with Crippen molar-refractivity contribution in [3.8, 4) is 5.75 Å². The highest BCUT2D eigenvalue weighted by Gasteiger charge is 2.64. The van der Waals surface area contributed by atoms with Gasteiger partial charge in [0.2, 0.25) is 0 Å². The van der Waals surface area contributed by atoms with Crippen LogP contribution in [0, 0.1) is 10.8 Å². The monoisotopic (exact) mass is 311 g/mol. The summed E-state index contributed by atoms with van der Waals surface area (Å²) in [4.78, 5) is 0. The molecule has 1 aromatic carbocycles. The molecule has 0 heterocycles.